The molecule has 0 saturated carbocycles. The molecule has 7 nitrogen and oxygen atoms in total. The second-order valence-electron chi connectivity index (χ2n) is 6.17. The highest BCUT2D eigenvalue weighted by Crippen LogP contribution is 2.36. The average molecular weight is 454 g/mol. The number of para-hydroxylation sites is 1. The first-order valence-electron chi connectivity index (χ1n) is 9.03. The van der Waals surface area contributed by atoms with Gasteiger partial charge in [0.05, 0.1) is 17.7 Å². The molecule has 160 valence electrons. The summed E-state index contributed by atoms with van der Waals surface area (Å²) in [6, 6.07) is 13.3. The van der Waals surface area contributed by atoms with Gasteiger partial charge >= 0.3 is 11.9 Å². The van der Waals surface area contributed by atoms with Crippen molar-refractivity contribution in [3.63, 3.8) is 0 Å². The number of ether oxygens (including phenoxy) is 2. The quantitative estimate of drug-likeness (QED) is 0.566. The van der Waals surface area contributed by atoms with Gasteiger partial charge in [0.2, 0.25) is 0 Å². The number of nitrogens with one attached hydrogen (secondary N) is 1. The first-order chi connectivity index (χ1) is 14.4. The number of carboxylic acids is 2. The van der Waals surface area contributed by atoms with E-state index in [-0.39, 0.29) is 6.10 Å². The number of benzene rings is 2. The molecule has 2 aromatic carbocycles. The van der Waals surface area contributed by atoms with Crippen molar-refractivity contribution in [2.24, 2.45) is 0 Å². The van der Waals surface area contributed by atoms with Gasteiger partial charge in [0.25, 0.3) is 0 Å². The van der Waals surface area contributed by atoms with Crippen molar-refractivity contribution in [2.75, 3.05) is 19.7 Å². The van der Waals surface area contributed by atoms with Gasteiger partial charge in [-0.2, -0.15) is 0 Å². The standard InChI is InChI=1S/C17H17Cl2NO2.C4H4O4/c18-14-5-3-7-16(17(14)19)22-15-6-2-1-4-12(15)10-13-11-20-8-9-21-13;5-3(6)1-2-4(7)8/h1-7,13,20H,8-11H2;1-2H,(H,5,6)(H,7,8)/t13-;/m0./s1. The minimum atomic E-state index is -1.26. The normalized spacial score (nSPS) is 15.9. The lowest BCUT2D eigenvalue weighted by Crippen LogP contribution is -2.39. The number of morpholine rings is 1. The third kappa shape index (κ3) is 8.04. The highest BCUT2D eigenvalue weighted by atomic mass is 35.5. The van der Waals surface area contributed by atoms with Gasteiger partial charge in [-0.1, -0.05) is 47.5 Å². The molecule has 0 aromatic heterocycles. The van der Waals surface area contributed by atoms with Crippen LogP contribution in [0.2, 0.25) is 10.0 Å². The van der Waals surface area contributed by atoms with Gasteiger partial charge in [-0.3, -0.25) is 0 Å². The molecule has 0 unspecified atom stereocenters. The maximum Gasteiger partial charge on any atom is 0.328 e. The van der Waals surface area contributed by atoms with Crippen molar-refractivity contribution in [1.82, 2.24) is 5.32 Å². The number of hydrogen-bond acceptors (Lipinski definition) is 5. The topological polar surface area (TPSA) is 105 Å². The minimum Gasteiger partial charge on any atom is -0.478 e. The van der Waals surface area contributed by atoms with Crippen molar-refractivity contribution < 1.29 is 29.3 Å². The molecule has 0 radical (unpaired) electrons. The van der Waals surface area contributed by atoms with E-state index in [9.17, 15) is 9.59 Å². The smallest absolute Gasteiger partial charge is 0.328 e. The van der Waals surface area contributed by atoms with Crippen molar-refractivity contribution in [1.29, 1.82) is 0 Å². The third-order valence-corrected chi connectivity index (χ3v) is 4.73. The van der Waals surface area contributed by atoms with E-state index in [0.29, 0.717) is 27.9 Å². The number of carboxylic acid groups (broad SMARTS) is 2. The van der Waals surface area contributed by atoms with Gasteiger partial charge in [0, 0.05) is 31.7 Å². The van der Waals surface area contributed by atoms with E-state index in [1.165, 1.54) is 0 Å². The average Bonchev–Trinajstić information content (AvgIpc) is 2.72. The van der Waals surface area contributed by atoms with Gasteiger partial charge in [-0.25, -0.2) is 9.59 Å². The summed E-state index contributed by atoms with van der Waals surface area (Å²) in [6.07, 6.45) is 2.07. The fourth-order valence-electron chi connectivity index (χ4n) is 2.59. The lowest BCUT2D eigenvalue weighted by Gasteiger charge is -2.24. The first-order valence-corrected chi connectivity index (χ1v) is 9.78. The Morgan fingerprint density at radius 1 is 1.07 bits per heavy atom. The maximum atomic E-state index is 9.55. The van der Waals surface area contributed by atoms with E-state index >= 15 is 0 Å². The number of halogens is 2. The van der Waals surface area contributed by atoms with E-state index in [0.717, 1.165) is 37.4 Å². The molecule has 1 heterocycles. The monoisotopic (exact) mass is 453 g/mol. The molecule has 1 aliphatic rings. The van der Waals surface area contributed by atoms with Crippen LogP contribution in [0.4, 0.5) is 0 Å². The summed E-state index contributed by atoms with van der Waals surface area (Å²) < 4.78 is 11.7. The molecule has 9 heteroatoms. The highest BCUT2D eigenvalue weighted by molar-refractivity contribution is 6.42. The summed E-state index contributed by atoms with van der Waals surface area (Å²) in [5, 5.41) is 19.9. The maximum absolute atomic E-state index is 9.55. The van der Waals surface area contributed by atoms with E-state index < -0.39 is 11.9 Å². The Balaban J connectivity index is 0.000000343. The molecule has 1 fully saturated rings. The summed E-state index contributed by atoms with van der Waals surface area (Å²) in [5.41, 5.74) is 1.09. The number of hydrogen-bond donors (Lipinski definition) is 3. The molecule has 1 atom stereocenters. The Kier molecular flexibility index (Phi) is 9.63. The van der Waals surface area contributed by atoms with Crippen LogP contribution < -0.4 is 10.1 Å². The van der Waals surface area contributed by atoms with Crippen LogP contribution in [-0.2, 0) is 20.7 Å². The predicted octanol–water partition coefficient (Wildman–Crippen LogP) is 4.03. The fourth-order valence-corrected chi connectivity index (χ4v) is 2.92. The van der Waals surface area contributed by atoms with E-state index in [2.05, 4.69) is 5.32 Å². The van der Waals surface area contributed by atoms with Gasteiger partial charge in [-0.15, -0.1) is 0 Å². The Morgan fingerprint density at radius 2 is 1.73 bits per heavy atom. The molecule has 1 saturated heterocycles. The summed E-state index contributed by atoms with van der Waals surface area (Å²) in [5.74, 6) is -1.18. The molecule has 3 rings (SSSR count). The van der Waals surface area contributed by atoms with Crippen molar-refractivity contribution in [2.45, 2.75) is 12.5 Å². The van der Waals surface area contributed by atoms with Crippen LogP contribution in [0.5, 0.6) is 11.5 Å². The Hall–Kier alpha value is -2.58. The molecule has 0 aliphatic carbocycles. The molecular weight excluding hydrogens is 433 g/mol. The second-order valence-corrected chi connectivity index (χ2v) is 6.96. The number of rotatable bonds is 6. The van der Waals surface area contributed by atoms with Crippen LogP contribution in [0.3, 0.4) is 0 Å². The zero-order valence-corrected chi connectivity index (χ0v) is 17.4. The van der Waals surface area contributed by atoms with Crippen LogP contribution in [-0.4, -0.2) is 48.0 Å². The fraction of sp³-hybridized carbons (Fsp3) is 0.238. The zero-order chi connectivity index (χ0) is 21.9. The lowest BCUT2D eigenvalue weighted by atomic mass is 10.1. The summed E-state index contributed by atoms with van der Waals surface area (Å²) in [4.78, 5) is 19.1. The Labute approximate surface area is 183 Å². The van der Waals surface area contributed by atoms with E-state index in [4.69, 9.17) is 42.9 Å². The summed E-state index contributed by atoms with van der Waals surface area (Å²) in [7, 11) is 0. The predicted molar refractivity (Wildman–Crippen MR) is 114 cm³/mol. The van der Waals surface area contributed by atoms with Crippen LogP contribution in [0, 0.1) is 0 Å². The Morgan fingerprint density at radius 3 is 2.37 bits per heavy atom. The van der Waals surface area contributed by atoms with E-state index in [1.54, 1.807) is 6.07 Å². The molecule has 3 N–H and O–H groups in total. The van der Waals surface area contributed by atoms with Gasteiger partial charge < -0.3 is 25.0 Å². The van der Waals surface area contributed by atoms with Gasteiger partial charge in [0.1, 0.15) is 16.5 Å². The minimum absolute atomic E-state index is 0.160. The second kappa shape index (κ2) is 12.2. The zero-order valence-electron chi connectivity index (χ0n) is 15.9. The molecule has 0 amide bonds. The van der Waals surface area contributed by atoms with Crippen molar-refractivity contribution in [3.05, 3.63) is 70.2 Å². The summed E-state index contributed by atoms with van der Waals surface area (Å²) >= 11 is 12.2. The largest absolute Gasteiger partial charge is 0.478 e. The van der Waals surface area contributed by atoms with Crippen LogP contribution in [0.25, 0.3) is 0 Å². The van der Waals surface area contributed by atoms with Crippen LogP contribution in [0.1, 0.15) is 5.56 Å². The molecule has 0 bridgehead atoms. The van der Waals surface area contributed by atoms with Crippen molar-refractivity contribution in [3.8, 4) is 11.5 Å². The Bertz CT molecular complexity index is 881. The van der Waals surface area contributed by atoms with Gasteiger partial charge in [0.15, 0.2) is 0 Å². The third-order valence-electron chi connectivity index (χ3n) is 3.93. The number of aliphatic carboxylic acids is 2. The molecule has 1 aliphatic heterocycles. The van der Waals surface area contributed by atoms with Gasteiger partial charge in [-0.05, 0) is 23.8 Å². The lowest BCUT2D eigenvalue weighted by molar-refractivity contribution is -0.134. The summed E-state index contributed by atoms with van der Waals surface area (Å²) in [6.45, 7) is 2.51. The molecule has 30 heavy (non-hydrogen) atoms. The first kappa shape index (κ1) is 23.7. The van der Waals surface area contributed by atoms with E-state index in [1.807, 2.05) is 36.4 Å². The SMILES string of the molecule is Clc1cccc(Oc2ccccc2C[C@H]2CNCCO2)c1Cl.O=C(O)C=CC(=O)O. The molecular formula is C21H21Cl2NO6. The number of carbonyl (C=O) groups is 2. The van der Waals surface area contributed by atoms with Crippen LogP contribution in [0.15, 0.2) is 54.6 Å². The van der Waals surface area contributed by atoms with Crippen LogP contribution >= 0.6 is 23.2 Å². The van der Waals surface area contributed by atoms with Crippen molar-refractivity contribution >= 4 is 35.1 Å². The molecule has 2 aromatic rings. The highest BCUT2D eigenvalue weighted by Gasteiger charge is 2.17. The molecule has 0 spiro atoms.